The van der Waals surface area contributed by atoms with Crippen molar-refractivity contribution in [3.8, 4) is 0 Å². The standard InChI is InChI=1S/C10H13N3/c1-3-9(8-11-4-1)7-10-12-5-2-6-13-10/h1,3-4,8H,2,5-7H2,(H,12,13). The van der Waals surface area contributed by atoms with E-state index < -0.39 is 0 Å². The van der Waals surface area contributed by atoms with Gasteiger partial charge in [-0.1, -0.05) is 6.07 Å². The van der Waals surface area contributed by atoms with Gasteiger partial charge in [-0.25, -0.2) is 0 Å². The normalized spacial score (nSPS) is 16.2. The predicted molar refractivity (Wildman–Crippen MR) is 52.9 cm³/mol. The number of hydrogen-bond acceptors (Lipinski definition) is 3. The molecule has 3 heteroatoms. The average Bonchev–Trinajstić information content (AvgIpc) is 2.21. The second-order valence-electron chi connectivity index (χ2n) is 3.15. The van der Waals surface area contributed by atoms with E-state index in [0.717, 1.165) is 31.8 Å². The molecule has 13 heavy (non-hydrogen) atoms. The van der Waals surface area contributed by atoms with Gasteiger partial charge in [0.05, 0.1) is 0 Å². The van der Waals surface area contributed by atoms with E-state index in [9.17, 15) is 0 Å². The van der Waals surface area contributed by atoms with Gasteiger partial charge in [0, 0.05) is 31.9 Å². The second kappa shape index (κ2) is 4.03. The van der Waals surface area contributed by atoms with Crippen LogP contribution in [0.15, 0.2) is 29.5 Å². The number of pyridine rings is 1. The van der Waals surface area contributed by atoms with Crippen molar-refractivity contribution in [2.45, 2.75) is 12.8 Å². The molecule has 0 saturated heterocycles. The molecule has 0 bridgehead atoms. The molecule has 1 aromatic rings. The van der Waals surface area contributed by atoms with Crippen LogP contribution in [-0.4, -0.2) is 23.9 Å². The van der Waals surface area contributed by atoms with Gasteiger partial charge in [0.2, 0.25) is 0 Å². The monoisotopic (exact) mass is 175 g/mol. The van der Waals surface area contributed by atoms with Gasteiger partial charge in [0.25, 0.3) is 0 Å². The van der Waals surface area contributed by atoms with E-state index in [1.54, 1.807) is 6.20 Å². The van der Waals surface area contributed by atoms with E-state index >= 15 is 0 Å². The van der Waals surface area contributed by atoms with Crippen LogP contribution in [0, 0.1) is 0 Å². The van der Waals surface area contributed by atoms with Crippen LogP contribution in [0.5, 0.6) is 0 Å². The quantitative estimate of drug-likeness (QED) is 0.728. The molecule has 1 aliphatic rings. The summed E-state index contributed by atoms with van der Waals surface area (Å²) < 4.78 is 0. The summed E-state index contributed by atoms with van der Waals surface area (Å²) in [7, 11) is 0. The molecule has 0 amide bonds. The summed E-state index contributed by atoms with van der Waals surface area (Å²) in [5.41, 5.74) is 1.22. The van der Waals surface area contributed by atoms with E-state index in [1.165, 1.54) is 5.56 Å². The predicted octanol–water partition coefficient (Wildman–Crippen LogP) is 1.02. The number of rotatable bonds is 2. The van der Waals surface area contributed by atoms with Crippen molar-refractivity contribution in [1.29, 1.82) is 0 Å². The molecule has 3 nitrogen and oxygen atoms in total. The first-order valence-corrected chi connectivity index (χ1v) is 4.61. The molecular weight excluding hydrogens is 162 g/mol. The van der Waals surface area contributed by atoms with Crippen LogP contribution in [0.2, 0.25) is 0 Å². The van der Waals surface area contributed by atoms with Crippen molar-refractivity contribution in [3.05, 3.63) is 30.1 Å². The largest absolute Gasteiger partial charge is 0.373 e. The van der Waals surface area contributed by atoms with Crippen molar-refractivity contribution in [2.24, 2.45) is 4.99 Å². The Hall–Kier alpha value is -1.38. The smallest absolute Gasteiger partial charge is 0.101 e. The van der Waals surface area contributed by atoms with Crippen LogP contribution in [-0.2, 0) is 6.42 Å². The van der Waals surface area contributed by atoms with Crippen molar-refractivity contribution >= 4 is 5.84 Å². The Bertz CT molecular complexity index is 292. The third-order valence-electron chi connectivity index (χ3n) is 2.06. The fourth-order valence-electron chi connectivity index (χ4n) is 1.40. The van der Waals surface area contributed by atoms with Gasteiger partial charge >= 0.3 is 0 Å². The number of aliphatic imine (C=N–C) groups is 1. The van der Waals surface area contributed by atoms with Gasteiger partial charge in [0.15, 0.2) is 0 Å². The molecule has 0 fully saturated rings. The molecule has 0 aliphatic carbocycles. The number of nitrogens with one attached hydrogen (secondary N) is 1. The van der Waals surface area contributed by atoms with Gasteiger partial charge in [-0.15, -0.1) is 0 Å². The van der Waals surface area contributed by atoms with Crippen molar-refractivity contribution < 1.29 is 0 Å². The Morgan fingerprint density at radius 1 is 1.46 bits per heavy atom. The van der Waals surface area contributed by atoms with E-state index in [1.807, 2.05) is 12.3 Å². The second-order valence-corrected chi connectivity index (χ2v) is 3.15. The summed E-state index contributed by atoms with van der Waals surface area (Å²) >= 11 is 0. The summed E-state index contributed by atoms with van der Waals surface area (Å²) in [5.74, 6) is 1.10. The molecule has 2 heterocycles. The molecule has 0 radical (unpaired) electrons. The number of hydrogen-bond donors (Lipinski definition) is 1. The summed E-state index contributed by atoms with van der Waals surface area (Å²) in [6, 6.07) is 4.03. The van der Waals surface area contributed by atoms with Crippen molar-refractivity contribution in [1.82, 2.24) is 10.3 Å². The Balaban J connectivity index is 2.01. The van der Waals surface area contributed by atoms with E-state index in [0.29, 0.717) is 0 Å². The average molecular weight is 175 g/mol. The maximum Gasteiger partial charge on any atom is 0.101 e. The highest BCUT2D eigenvalue weighted by Gasteiger charge is 2.04. The lowest BCUT2D eigenvalue weighted by atomic mass is 10.2. The zero-order chi connectivity index (χ0) is 8.93. The third kappa shape index (κ3) is 2.28. The van der Waals surface area contributed by atoms with Crippen LogP contribution in [0.25, 0.3) is 0 Å². The Labute approximate surface area is 77.9 Å². The summed E-state index contributed by atoms with van der Waals surface area (Å²) in [6.07, 6.45) is 5.71. The number of nitrogens with zero attached hydrogens (tertiary/aromatic N) is 2. The minimum atomic E-state index is 0.883. The molecule has 1 aromatic heterocycles. The molecule has 0 aromatic carbocycles. The number of aromatic nitrogens is 1. The van der Waals surface area contributed by atoms with E-state index in [2.05, 4.69) is 21.4 Å². The van der Waals surface area contributed by atoms with Crippen LogP contribution in [0.3, 0.4) is 0 Å². The van der Waals surface area contributed by atoms with Gasteiger partial charge in [-0.05, 0) is 18.1 Å². The molecular formula is C10H13N3. The van der Waals surface area contributed by atoms with Gasteiger partial charge in [-0.2, -0.15) is 0 Å². The molecule has 68 valence electrons. The van der Waals surface area contributed by atoms with Crippen LogP contribution >= 0.6 is 0 Å². The van der Waals surface area contributed by atoms with Crippen LogP contribution < -0.4 is 5.32 Å². The minimum Gasteiger partial charge on any atom is -0.373 e. The first kappa shape index (κ1) is 8.23. The highest BCUT2D eigenvalue weighted by atomic mass is 15.0. The zero-order valence-corrected chi connectivity index (χ0v) is 7.53. The first-order valence-electron chi connectivity index (χ1n) is 4.61. The number of amidine groups is 1. The van der Waals surface area contributed by atoms with Gasteiger partial charge in [0.1, 0.15) is 5.84 Å². The lowest BCUT2D eigenvalue weighted by Gasteiger charge is -2.13. The molecule has 1 aliphatic heterocycles. The first-order chi connectivity index (χ1) is 6.45. The Morgan fingerprint density at radius 2 is 2.46 bits per heavy atom. The maximum atomic E-state index is 4.40. The highest BCUT2D eigenvalue weighted by molar-refractivity contribution is 5.84. The summed E-state index contributed by atoms with van der Waals surface area (Å²) in [4.78, 5) is 8.47. The van der Waals surface area contributed by atoms with E-state index in [-0.39, 0.29) is 0 Å². The fourth-order valence-corrected chi connectivity index (χ4v) is 1.40. The SMILES string of the molecule is c1cncc(CC2=NCCCN2)c1. The minimum absolute atomic E-state index is 0.883. The molecule has 1 N–H and O–H groups in total. The van der Waals surface area contributed by atoms with Gasteiger partial charge in [-0.3, -0.25) is 9.98 Å². The van der Waals surface area contributed by atoms with Crippen molar-refractivity contribution in [3.63, 3.8) is 0 Å². The third-order valence-corrected chi connectivity index (χ3v) is 2.06. The Morgan fingerprint density at radius 3 is 3.15 bits per heavy atom. The molecule has 0 saturated carbocycles. The molecule has 0 atom stereocenters. The molecule has 0 unspecified atom stereocenters. The fraction of sp³-hybridized carbons (Fsp3) is 0.400. The van der Waals surface area contributed by atoms with Crippen LogP contribution in [0.4, 0.5) is 0 Å². The highest BCUT2D eigenvalue weighted by Crippen LogP contribution is 2.00. The van der Waals surface area contributed by atoms with Crippen LogP contribution in [0.1, 0.15) is 12.0 Å². The molecule has 0 spiro atoms. The molecule has 2 rings (SSSR count). The lowest BCUT2D eigenvalue weighted by molar-refractivity contribution is 0.731. The summed E-state index contributed by atoms with van der Waals surface area (Å²) in [5, 5.41) is 3.29. The zero-order valence-electron chi connectivity index (χ0n) is 7.53. The Kier molecular flexibility index (Phi) is 2.55. The summed E-state index contributed by atoms with van der Waals surface area (Å²) in [6.45, 7) is 2.02. The van der Waals surface area contributed by atoms with Gasteiger partial charge < -0.3 is 5.32 Å². The van der Waals surface area contributed by atoms with E-state index in [4.69, 9.17) is 0 Å². The lowest BCUT2D eigenvalue weighted by Crippen LogP contribution is -2.30. The maximum absolute atomic E-state index is 4.40. The topological polar surface area (TPSA) is 37.3 Å². The van der Waals surface area contributed by atoms with Crippen molar-refractivity contribution in [2.75, 3.05) is 13.1 Å².